The van der Waals surface area contributed by atoms with Crippen molar-refractivity contribution in [3.8, 4) is 5.75 Å². The van der Waals surface area contributed by atoms with Gasteiger partial charge >= 0.3 is 0 Å². The van der Waals surface area contributed by atoms with Gasteiger partial charge in [0.1, 0.15) is 5.75 Å². The number of amides is 1. The average Bonchev–Trinajstić information content (AvgIpc) is 2.45. The van der Waals surface area contributed by atoms with E-state index < -0.39 is 0 Å². The summed E-state index contributed by atoms with van der Waals surface area (Å²) in [5, 5.41) is 6.31. The highest BCUT2D eigenvalue weighted by atomic mass is 16.5. The van der Waals surface area contributed by atoms with Gasteiger partial charge in [-0.2, -0.15) is 0 Å². The number of carbonyl (C=O) groups excluding carboxylic acids is 1. The number of benzene rings is 1. The number of rotatable bonds is 4. The molecule has 20 heavy (non-hydrogen) atoms. The van der Waals surface area contributed by atoms with E-state index in [9.17, 15) is 4.79 Å². The molecule has 2 rings (SSSR count). The fourth-order valence-electron chi connectivity index (χ4n) is 2.87. The Morgan fingerprint density at radius 1 is 1.45 bits per heavy atom. The van der Waals surface area contributed by atoms with Crippen LogP contribution in [0, 0.1) is 19.8 Å². The van der Waals surface area contributed by atoms with Crippen LogP contribution in [0.3, 0.4) is 0 Å². The van der Waals surface area contributed by atoms with Gasteiger partial charge in [-0.25, -0.2) is 0 Å². The first-order valence-electron chi connectivity index (χ1n) is 7.24. The minimum Gasteiger partial charge on any atom is -0.496 e. The summed E-state index contributed by atoms with van der Waals surface area (Å²) in [6, 6.07) is 4.17. The van der Waals surface area contributed by atoms with Crippen molar-refractivity contribution in [1.82, 2.24) is 10.6 Å². The molecule has 1 heterocycles. The van der Waals surface area contributed by atoms with Gasteiger partial charge in [0.25, 0.3) is 0 Å². The smallest absolute Gasteiger partial charge is 0.224 e. The van der Waals surface area contributed by atoms with E-state index in [1.165, 1.54) is 5.56 Å². The zero-order valence-corrected chi connectivity index (χ0v) is 12.6. The van der Waals surface area contributed by atoms with Crippen molar-refractivity contribution >= 4 is 5.91 Å². The van der Waals surface area contributed by atoms with E-state index >= 15 is 0 Å². The molecule has 0 aliphatic carbocycles. The van der Waals surface area contributed by atoms with E-state index in [2.05, 4.69) is 29.7 Å². The Morgan fingerprint density at radius 3 is 2.90 bits per heavy atom. The first-order valence-corrected chi connectivity index (χ1v) is 7.24. The number of ether oxygens (including phenoxy) is 1. The molecular formula is C16H24N2O2. The summed E-state index contributed by atoms with van der Waals surface area (Å²) in [6.45, 7) is 6.43. The molecule has 0 bridgehead atoms. The van der Waals surface area contributed by atoms with Crippen molar-refractivity contribution in [2.24, 2.45) is 5.92 Å². The molecule has 0 aromatic heterocycles. The molecule has 1 fully saturated rings. The molecule has 1 aromatic rings. The van der Waals surface area contributed by atoms with Crippen LogP contribution in [0.25, 0.3) is 0 Å². The molecule has 2 N–H and O–H groups in total. The van der Waals surface area contributed by atoms with Crippen molar-refractivity contribution in [2.45, 2.75) is 33.2 Å². The topological polar surface area (TPSA) is 50.4 Å². The highest BCUT2D eigenvalue weighted by Gasteiger charge is 2.20. The Labute approximate surface area is 120 Å². The Kier molecular flexibility index (Phi) is 5.01. The largest absolute Gasteiger partial charge is 0.496 e. The summed E-state index contributed by atoms with van der Waals surface area (Å²) < 4.78 is 5.45. The zero-order valence-electron chi connectivity index (χ0n) is 12.6. The van der Waals surface area contributed by atoms with Crippen molar-refractivity contribution in [2.75, 3.05) is 20.2 Å². The predicted octanol–water partition coefficient (Wildman–Crippen LogP) is 1.93. The van der Waals surface area contributed by atoms with E-state index in [1.54, 1.807) is 7.11 Å². The molecule has 0 spiro atoms. The Balaban J connectivity index is 2.01. The number of piperidine rings is 1. The van der Waals surface area contributed by atoms with Crippen LogP contribution in [0.1, 0.15) is 29.5 Å². The maximum Gasteiger partial charge on any atom is 0.224 e. The molecule has 1 amide bonds. The fourth-order valence-corrected chi connectivity index (χ4v) is 2.87. The van der Waals surface area contributed by atoms with Gasteiger partial charge in [-0.05, 0) is 38.8 Å². The summed E-state index contributed by atoms with van der Waals surface area (Å²) in [5.74, 6) is 1.11. The number of aryl methyl sites for hydroxylation is 2. The van der Waals surface area contributed by atoms with Crippen LogP contribution >= 0.6 is 0 Å². The number of hydrogen-bond donors (Lipinski definition) is 2. The number of methoxy groups -OCH3 is 1. The van der Waals surface area contributed by atoms with Gasteiger partial charge in [-0.1, -0.05) is 17.7 Å². The lowest BCUT2D eigenvalue weighted by atomic mass is 9.98. The maximum absolute atomic E-state index is 12.1. The van der Waals surface area contributed by atoms with E-state index in [0.29, 0.717) is 6.54 Å². The van der Waals surface area contributed by atoms with Crippen LogP contribution in [-0.2, 0) is 11.3 Å². The first-order chi connectivity index (χ1) is 9.61. The predicted molar refractivity (Wildman–Crippen MR) is 79.9 cm³/mol. The first kappa shape index (κ1) is 14.9. The van der Waals surface area contributed by atoms with Crippen LogP contribution in [0.5, 0.6) is 5.75 Å². The molecule has 0 radical (unpaired) electrons. The Bertz CT molecular complexity index is 480. The molecule has 1 atom stereocenters. The van der Waals surface area contributed by atoms with Gasteiger partial charge in [0.05, 0.1) is 13.0 Å². The Morgan fingerprint density at radius 2 is 2.25 bits per heavy atom. The normalized spacial score (nSPS) is 18.6. The molecule has 4 heteroatoms. The summed E-state index contributed by atoms with van der Waals surface area (Å²) in [4.78, 5) is 12.1. The highest BCUT2D eigenvalue weighted by molar-refractivity contribution is 5.79. The minimum atomic E-state index is 0.0978. The van der Waals surface area contributed by atoms with Crippen molar-refractivity contribution < 1.29 is 9.53 Å². The van der Waals surface area contributed by atoms with Crippen LogP contribution in [0.15, 0.2) is 12.1 Å². The lowest BCUT2D eigenvalue weighted by Crippen LogP contribution is -2.40. The molecule has 110 valence electrons. The molecule has 0 saturated carbocycles. The summed E-state index contributed by atoms with van der Waals surface area (Å²) in [5.41, 5.74) is 3.34. The maximum atomic E-state index is 12.1. The summed E-state index contributed by atoms with van der Waals surface area (Å²) in [7, 11) is 1.67. The molecular weight excluding hydrogens is 252 g/mol. The minimum absolute atomic E-state index is 0.0978. The van der Waals surface area contributed by atoms with Gasteiger partial charge in [0.15, 0.2) is 0 Å². The van der Waals surface area contributed by atoms with E-state index in [-0.39, 0.29) is 11.8 Å². The number of nitrogens with one attached hydrogen (secondary N) is 2. The monoisotopic (exact) mass is 276 g/mol. The third kappa shape index (κ3) is 3.51. The standard InChI is InChI=1S/C16H24N2O2/c1-11-7-12(2)15(20-3)14(8-11)10-18-16(19)13-5-4-6-17-9-13/h7-8,13,17H,4-6,9-10H2,1-3H3,(H,18,19). The molecule has 1 aliphatic rings. The highest BCUT2D eigenvalue weighted by Crippen LogP contribution is 2.25. The van der Waals surface area contributed by atoms with Crippen molar-refractivity contribution in [3.05, 3.63) is 28.8 Å². The van der Waals surface area contributed by atoms with Crippen molar-refractivity contribution in [1.29, 1.82) is 0 Å². The SMILES string of the molecule is COc1c(C)cc(C)cc1CNC(=O)C1CCCNC1. The second-order valence-corrected chi connectivity index (χ2v) is 5.54. The van der Waals surface area contributed by atoms with Gasteiger partial charge in [-0.15, -0.1) is 0 Å². The van der Waals surface area contributed by atoms with E-state index in [0.717, 1.165) is 42.8 Å². The zero-order chi connectivity index (χ0) is 14.5. The average molecular weight is 276 g/mol. The number of hydrogen-bond acceptors (Lipinski definition) is 3. The molecule has 1 saturated heterocycles. The quantitative estimate of drug-likeness (QED) is 0.883. The third-order valence-corrected chi connectivity index (χ3v) is 3.82. The van der Waals surface area contributed by atoms with Crippen LogP contribution in [-0.4, -0.2) is 26.1 Å². The van der Waals surface area contributed by atoms with Crippen LogP contribution in [0.2, 0.25) is 0 Å². The van der Waals surface area contributed by atoms with Gasteiger partial charge in [-0.3, -0.25) is 4.79 Å². The van der Waals surface area contributed by atoms with Gasteiger partial charge in [0, 0.05) is 18.7 Å². The third-order valence-electron chi connectivity index (χ3n) is 3.82. The van der Waals surface area contributed by atoms with Crippen LogP contribution in [0.4, 0.5) is 0 Å². The van der Waals surface area contributed by atoms with Gasteiger partial charge in [0.2, 0.25) is 5.91 Å². The lowest BCUT2D eigenvalue weighted by molar-refractivity contribution is -0.125. The van der Waals surface area contributed by atoms with Gasteiger partial charge < -0.3 is 15.4 Å². The lowest BCUT2D eigenvalue weighted by Gasteiger charge is -2.22. The van der Waals surface area contributed by atoms with E-state index in [4.69, 9.17) is 4.74 Å². The Hall–Kier alpha value is -1.55. The second kappa shape index (κ2) is 6.75. The van der Waals surface area contributed by atoms with Crippen LogP contribution < -0.4 is 15.4 Å². The molecule has 1 unspecified atom stereocenters. The number of carbonyl (C=O) groups is 1. The second-order valence-electron chi connectivity index (χ2n) is 5.54. The molecule has 1 aliphatic heterocycles. The summed E-state index contributed by atoms with van der Waals surface area (Å²) >= 11 is 0. The van der Waals surface area contributed by atoms with Crippen molar-refractivity contribution in [3.63, 3.8) is 0 Å². The fraction of sp³-hybridized carbons (Fsp3) is 0.562. The van der Waals surface area contributed by atoms with E-state index in [1.807, 2.05) is 6.92 Å². The molecule has 4 nitrogen and oxygen atoms in total. The molecule has 1 aromatic carbocycles. The summed E-state index contributed by atoms with van der Waals surface area (Å²) in [6.07, 6.45) is 2.05.